The molecule has 1 aromatic heterocycles. The van der Waals surface area contributed by atoms with E-state index in [-0.39, 0.29) is 17.7 Å². The third kappa shape index (κ3) is 3.39. The van der Waals surface area contributed by atoms with Crippen molar-refractivity contribution >= 4 is 28.1 Å². The van der Waals surface area contributed by atoms with Gasteiger partial charge < -0.3 is 16.8 Å². The Hall–Kier alpha value is -2.73. The van der Waals surface area contributed by atoms with Gasteiger partial charge in [-0.05, 0) is 35.1 Å². The van der Waals surface area contributed by atoms with E-state index in [0.717, 1.165) is 11.1 Å². The summed E-state index contributed by atoms with van der Waals surface area (Å²) in [5.41, 5.74) is 13.5. The van der Waals surface area contributed by atoms with Gasteiger partial charge in [-0.25, -0.2) is 9.37 Å². The van der Waals surface area contributed by atoms with E-state index in [0.29, 0.717) is 41.7 Å². The molecule has 0 radical (unpaired) electrons. The highest BCUT2D eigenvalue weighted by molar-refractivity contribution is 6.09. The Kier molecular flexibility index (Phi) is 4.81. The average molecular weight is 340 g/mol. The summed E-state index contributed by atoms with van der Waals surface area (Å²) in [4.78, 5) is 16.4. The largest absolute Gasteiger partial charge is 0.383 e. The second kappa shape index (κ2) is 7.03. The van der Waals surface area contributed by atoms with Crippen molar-refractivity contribution < 1.29 is 9.18 Å². The Morgan fingerprint density at radius 3 is 2.92 bits per heavy atom. The maximum atomic E-state index is 13.9. The van der Waals surface area contributed by atoms with Crippen molar-refractivity contribution in [2.75, 3.05) is 18.8 Å². The number of fused-ring (bicyclic) bond motifs is 1. The molecule has 0 saturated carbocycles. The summed E-state index contributed by atoms with van der Waals surface area (Å²) in [6.45, 7) is 2.60. The number of hydrogen-bond donors (Lipinski definition) is 3. The van der Waals surface area contributed by atoms with Crippen LogP contribution in [-0.2, 0) is 0 Å². The van der Waals surface area contributed by atoms with Crippen LogP contribution < -0.4 is 16.8 Å². The average Bonchev–Trinajstić information content (AvgIpc) is 2.62. The van der Waals surface area contributed by atoms with Gasteiger partial charge in [0.15, 0.2) is 0 Å². The number of nitrogens with zero attached hydrogens (tertiary/aromatic N) is 1. The van der Waals surface area contributed by atoms with Crippen LogP contribution in [0.15, 0.2) is 42.4 Å². The van der Waals surface area contributed by atoms with Crippen LogP contribution in [0, 0.1) is 5.92 Å². The van der Waals surface area contributed by atoms with Crippen molar-refractivity contribution in [2.24, 2.45) is 11.7 Å². The first kappa shape index (κ1) is 17.1. The van der Waals surface area contributed by atoms with E-state index in [9.17, 15) is 9.18 Å². The molecule has 2 aromatic rings. The summed E-state index contributed by atoms with van der Waals surface area (Å²) in [7, 11) is 0. The van der Waals surface area contributed by atoms with Gasteiger partial charge in [0.2, 0.25) is 0 Å². The summed E-state index contributed by atoms with van der Waals surface area (Å²) in [6.07, 6.45) is 5.68. The van der Waals surface area contributed by atoms with Crippen LogP contribution in [0.5, 0.6) is 0 Å². The molecule has 1 aliphatic carbocycles. The zero-order valence-electron chi connectivity index (χ0n) is 14.1. The molecular formula is C19H21FN4O. The van der Waals surface area contributed by atoms with Gasteiger partial charge in [-0.3, -0.25) is 4.79 Å². The minimum absolute atomic E-state index is 0.0891. The number of benzene rings is 1. The van der Waals surface area contributed by atoms with Crippen molar-refractivity contribution in [3.8, 4) is 0 Å². The first-order chi connectivity index (χ1) is 12.0. The van der Waals surface area contributed by atoms with E-state index >= 15 is 0 Å². The number of hydrogen-bond acceptors (Lipinski definition) is 4. The lowest BCUT2D eigenvalue weighted by molar-refractivity contribution is 0.0956. The number of nitrogens with two attached hydrogens (primary N) is 2. The van der Waals surface area contributed by atoms with E-state index in [2.05, 4.69) is 10.3 Å². The minimum Gasteiger partial charge on any atom is -0.383 e. The molecule has 0 fully saturated rings. The van der Waals surface area contributed by atoms with Crippen LogP contribution in [0.3, 0.4) is 0 Å². The monoisotopic (exact) mass is 340 g/mol. The zero-order valence-corrected chi connectivity index (χ0v) is 14.1. The summed E-state index contributed by atoms with van der Waals surface area (Å²) in [6, 6.07) is 5.54. The molecule has 1 atom stereocenters. The topological polar surface area (TPSA) is 94.0 Å². The van der Waals surface area contributed by atoms with E-state index < -0.39 is 0 Å². The number of aromatic nitrogens is 1. The summed E-state index contributed by atoms with van der Waals surface area (Å²) >= 11 is 0. The molecule has 6 heteroatoms. The Morgan fingerprint density at radius 1 is 1.40 bits per heavy atom. The van der Waals surface area contributed by atoms with Gasteiger partial charge >= 0.3 is 0 Å². The van der Waals surface area contributed by atoms with Crippen molar-refractivity contribution in [3.63, 3.8) is 0 Å². The number of carbonyl (C=O) groups excluding carboxylic acids is 1. The number of pyridine rings is 1. The van der Waals surface area contributed by atoms with Gasteiger partial charge in [-0.15, -0.1) is 0 Å². The standard InChI is InChI=1S/C19H21FN4O/c1-11-2-3-13(9-17(11)20)12-4-5-14-15(8-12)18(22)24-10-16(14)19(25)23-7-6-21/h3-5,8-11H,2,6-7,21H2,1H3,(H2,22,24)(H,23,25). The SMILES string of the molecule is CC1CC=C(c2ccc3c(C(=O)NCCN)cnc(N)c3c2)C=C1F. The predicted octanol–water partition coefficient (Wildman–Crippen LogP) is 2.78. The van der Waals surface area contributed by atoms with Gasteiger partial charge in [0.05, 0.1) is 5.56 Å². The number of anilines is 1. The molecule has 0 spiro atoms. The fraction of sp³-hybridized carbons (Fsp3) is 0.263. The molecule has 0 bridgehead atoms. The molecule has 1 heterocycles. The Labute approximate surface area is 145 Å². The highest BCUT2D eigenvalue weighted by Crippen LogP contribution is 2.32. The number of nitrogen functional groups attached to an aromatic ring is 1. The number of halogens is 1. The van der Waals surface area contributed by atoms with Crippen LogP contribution in [0.4, 0.5) is 10.2 Å². The number of nitrogens with one attached hydrogen (secondary N) is 1. The van der Waals surface area contributed by atoms with Crippen molar-refractivity contribution in [3.05, 3.63) is 53.5 Å². The lowest BCUT2D eigenvalue weighted by atomic mass is 9.92. The van der Waals surface area contributed by atoms with Crippen LogP contribution in [-0.4, -0.2) is 24.0 Å². The van der Waals surface area contributed by atoms with Crippen LogP contribution in [0.25, 0.3) is 16.3 Å². The van der Waals surface area contributed by atoms with E-state index in [4.69, 9.17) is 11.5 Å². The third-order valence-corrected chi connectivity index (χ3v) is 4.38. The fourth-order valence-electron chi connectivity index (χ4n) is 2.87. The second-order valence-electron chi connectivity index (χ2n) is 6.19. The van der Waals surface area contributed by atoms with E-state index in [1.165, 1.54) is 6.20 Å². The molecule has 1 aliphatic rings. The number of rotatable bonds is 4. The van der Waals surface area contributed by atoms with E-state index in [1.54, 1.807) is 6.08 Å². The summed E-state index contributed by atoms with van der Waals surface area (Å²) in [5, 5.41) is 4.11. The smallest absolute Gasteiger partial charge is 0.253 e. The van der Waals surface area contributed by atoms with Gasteiger partial charge in [-0.1, -0.05) is 25.1 Å². The Balaban J connectivity index is 2.04. The van der Waals surface area contributed by atoms with Gasteiger partial charge in [0.25, 0.3) is 5.91 Å². The lowest BCUT2D eigenvalue weighted by Gasteiger charge is -2.16. The molecule has 25 heavy (non-hydrogen) atoms. The second-order valence-corrected chi connectivity index (χ2v) is 6.19. The number of carbonyl (C=O) groups is 1. The van der Waals surface area contributed by atoms with Crippen LogP contribution >= 0.6 is 0 Å². The van der Waals surface area contributed by atoms with Gasteiger partial charge in [-0.2, -0.15) is 0 Å². The Bertz CT molecular complexity index is 888. The fourth-order valence-corrected chi connectivity index (χ4v) is 2.87. The minimum atomic E-state index is -0.243. The molecule has 130 valence electrons. The highest BCUT2D eigenvalue weighted by atomic mass is 19.1. The number of allylic oxidation sites excluding steroid dienone is 4. The third-order valence-electron chi connectivity index (χ3n) is 4.38. The molecule has 5 nitrogen and oxygen atoms in total. The molecule has 1 unspecified atom stereocenters. The summed E-state index contributed by atoms with van der Waals surface area (Å²) in [5.74, 6) is -0.124. The molecule has 5 N–H and O–H groups in total. The zero-order chi connectivity index (χ0) is 18.0. The first-order valence-corrected chi connectivity index (χ1v) is 8.25. The lowest BCUT2D eigenvalue weighted by Crippen LogP contribution is -2.29. The molecular weight excluding hydrogens is 319 g/mol. The van der Waals surface area contributed by atoms with Gasteiger partial charge in [0, 0.05) is 30.6 Å². The van der Waals surface area contributed by atoms with Crippen LogP contribution in [0.2, 0.25) is 0 Å². The Morgan fingerprint density at radius 2 is 2.20 bits per heavy atom. The first-order valence-electron chi connectivity index (χ1n) is 8.25. The van der Waals surface area contributed by atoms with Crippen molar-refractivity contribution in [2.45, 2.75) is 13.3 Å². The molecule has 3 rings (SSSR count). The van der Waals surface area contributed by atoms with Crippen molar-refractivity contribution in [1.29, 1.82) is 0 Å². The maximum Gasteiger partial charge on any atom is 0.253 e. The quantitative estimate of drug-likeness (QED) is 0.798. The van der Waals surface area contributed by atoms with Gasteiger partial charge in [0.1, 0.15) is 11.6 Å². The molecule has 0 aliphatic heterocycles. The van der Waals surface area contributed by atoms with Crippen molar-refractivity contribution in [1.82, 2.24) is 10.3 Å². The number of amides is 1. The molecule has 0 saturated heterocycles. The van der Waals surface area contributed by atoms with Crippen LogP contribution in [0.1, 0.15) is 29.3 Å². The molecule has 1 aromatic carbocycles. The highest BCUT2D eigenvalue weighted by Gasteiger charge is 2.16. The molecule has 1 amide bonds. The normalized spacial score (nSPS) is 17.2. The van der Waals surface area contributed by atoms with E-state index in [1.807, 2.05) is 31.2 Å². The summed E-state index contributed by atoms with van der Waals surface area (Å²) < 4.78 is 13.9. The predicted molar refractivity (Wildman–Crippen MR) is 98.5 cm³/mol. The maximum absolute atomic E-state index is 13.9.